The summed E-state index contributed by atoms with van der Waals surface area (Å²) in [5.74, 6) is 0.728. The van der Waals surface area contributed by atoms with E-state index in [4.69, 9.17) is 9.47 Å². The Morgan fingerprint density at radius 3 is 2.51 bits per heavy atom. The molecule has 20 heteroatoms. The molecule has 1 amide bonds. The second-order valence-electron chi connectivity index (χ2n) is 13.1. The Morgan fingerprint density at radius 2 is 1.78 bits per heavy atom. The van der Waals surface area contributed by atoms with Gasteiger partial charge < -0.3 is 24.7 Å². The van der Waals surface area contributed by atoms with E-state index in [1.54, 1.807) is 32.2 Å². The zero-order chi connectivity index (χ0) is 39.1. The summed E-state index contributed by atoms with van der Waals surface area (Å²) in [4.78, 5) is 47.7. The predicted octanol–water partition coefficient (Wildman–Crippen LogP) is 5.27. The Kier molecular flexibility index (Phi) is 10.2. The Bertz CT molecular complexity index is 2250. The molecule has 0 radical (unpaired) electrons. The number of amides is 1. The molecule has 1 saturated heterocycles. The summed E-state index contributed by atoms with van der Waals surface area (Å²) in [6.07, 6.45) is -8.57. The SMILES string of the molecule is Cc1nc(-c2nc[nH]n2)ccc1-c1cnc2c(n1)N(CCOCCOC([C@H]1CC[C@H](C)N1c1ccc3[nH]c(=O)cc(C(F)(F)F)c3c1)C(F)(F)F)C(=O)CN2. The van der Waals surface area contributed by atoms with Gasteiger partial charge in [0, 0.05) is 40.0 Å². The van der Waals surface area contributed by atoms with Crippen molar-refractivity contribution in [1.29, 1.82) is 0 Å². The predicted molar refractivity (Wildman–Crippen MR) is 187 cm³/mol. The minimum absolute atomic E-state index is 0.0242. The first-order valence-electron chi connectivity index (χ1n) is 17.2. The van der Waals surface area contributed by atoms with Gasteiger partial charge in [-0.1, -0.05) is 0 Å². The molecule has 7 rings (SSSR count). The number of hydrogen-bond donors (Lipinski definition) is 3. The normalized spacial score (nSPS) is 18.1. The largest absolute Gasteiger partial charge is 0.417 e. The summed E-state index contributed by atoms with van der Waals surface area (Å²) in [6, 6.07) is 6.06. The molecule has 55 heavy (non-hydrogen) atoms. The van der Waals surface area contributed by atoms with Crippen LogP contribution in [-0.2, 0) is 20.4 Å². The number of rotatable bonds is 11. The zero-order valence-electron chi connectivity index (χ0n) is 29.3. The molecule has 2 aliphatic rings. The van der Waals surface area contributed by atoms with Crippen LogP contribution in [0.4, 0.5) is 43.7 Å². The number of H-pyrrole nitrogens is 2. The van der Waals surface area contributed by atoms with Crippen molar-refractivity contribution >= 4 is 34.1 Å². The monoisotopic (exact) mass is 772 g/mol. The van der Waals surface area contributed by atoms with E-state index < -0.39 is 48.3 Å². The first-order valence-corrected chi connectivity index (χ1v) is 17.2. The molecule has 0 saturated carbocycles. The minimum atomic E-state index is -4.86. The van der Waals surface area contributed by atoms with Crippen LogP contribution >= 0.6 is 0 Å². The number of hydrogen-bond acceptors (Lipinski definition) is 11. The Hall–Kier alpha value is -5.63. The number of carbonyl (C=O) groups excluding carboxylic acids is 1. The molecule has 5 aromatic rings. The average molecular weight is 773 g/mol. The second kappa shape index (κ2) is 14.9. The van der Waals surface area contributed by atoms with Gasteiger partial charge in [-0.05, 0) is 57.0 Å². The van der Waals surface area contributed by atoms with E-state index in [0.717, 1.165) is 6.07 Å². The van der Waals surface area contributed by atoms with Crippen molar-refractivity contribution < 1.29 is 40.6 Å². The van der Waals surface area contributed by atoms with Gasteiger partial charge in [0.25, 0.3) is 0 Å². The maximum Gasteiger partial charge on any atom is 0.417 e. The molecule has 1 fully saturated rings. The quantitative estimate of drug-likeness (QED) is 0.118. The molecule has 1 unspecified atom stereocenters. The van der Waals surface area contributed by atoms with Crippen molar-refractivity contribution in [3.8, 4) is 22.8 Å². The smallest absolute Gasteiger partial charge is 0.377 e. The Labute approximate surface area is 308 Å². The van der Waals surface area contributed by atoms with E-state index in [2.05, 4.69) is 40.4 Å². The summed E-state index contributed by atoms with van der Waals surface area (Å²) < 4.78 is 96.0. The minimum Gasteiger partial charge on any atom is -0.377 e. The summed E-state index contributed by atoms with van der Waals surface area (Å²) >= 11 is 0. The molecule has 0 aliphatic carbocycles. The molecule has 2 aliphatic heterocycles. The van der Waals surface area contributed by atoms with Crippen LogP contribution in [0.15, 0.2) is 53.7 Å². The van der Waals surface area contributed by atoms with Gasteiger partial charge in [-0.2, -0.15) is 31.4 Å². The maximum absolute atomic E-state index is 14.5. The summed E-state index contributed by atoms with van der Waals surface area (Å²) in [7, 11) is 0. The number of anilines is 3. The zero-order valence-corrected chi connectivity index (χ0v) is 29.3. The highest BCUT2D eigenvalue weighted by Gasteiger charge is 2.51. The third-order valence-electron chi connectivity index (χ3n) is 9.52. The van der Waals surface area contributed by atoms with Crippen LogP contribution in [0.2, 0.25) is 0 Å². The standard InChI is InChI=1S/C35H34F6N10O4/c1-18-3-8-27(51(18)20-4-6-24-22(13-20)23(34(36,37)38)14-28(52)47-24)30(35(39,40)41)55-12-11-54-10-9-50-29(53)16-43-32-33(50)48-26(15-42-32)21-5-7-25(46-19(21)2)31-44-17-45-49-31/h4-7,13-15,17-18,27,30H,3,8-12,16H2,1-2H3,(H,42,43)(H,47,52)(H,44,45,49)/t18-,27+,30?/m0/s1. The number of halogens is 6. The molecule has 14 nitrogen and oxygen atoms in total. The molecule has 0 spiro atoms. The third-order valence-corrected chi connectivity index (χ3v) is 9.52. The lowest BCUT2D eigenvalue weighted by atomic mass is 10.0. The number of alkyl halides is 6. The van der Waals surface area contributed by atoms with Gasteiger partial charge in [0.2, 0.25) is 11.5 Å². The third kappa shape index (κ3) is 7.81. The van der Waals surface area contributed by atoms with Crippen molar-refractivity contribution in [1.82, 2.24) is 35.1 Å². The number of ether oxygens (including phenoxy) is 2. The van der Waals surface area contributed by atoms with E-state index in [-0.39, 0.29) is 61.0 Å². The van der Waals surface area contributed by atoms with Gasteiger partial charge in [-0.3, -0.25) is 19.6 Å². The second-order valence-corrected chi connectivity index (χ2v) is 13.1. The Morgan fingerprint density at radius 1 is 0.964 bits per heavy atom. The number of aromatic amines is 2. The topological polar surface area (TPSA) is 167 Å². The highest BCUT2D eigenvalue weighted by Crippen LogP contribution is 2.41. The number of benzene rings is 1. The van der Waals surface area contributed by atoms with Crippen molar-refractivity contribution in [2.75, 3.05) is 48.0 Å². The van der Waals surface area contributed by atoms with Gasteiger partial charge >= 0.3 is 12.4 Å². The fourth-order valence-electron chi connectivity index (χ4n) is 7.03. The van der Waals surface area contributed by atoms with Gasteiger partial charge in [-0.15, -0.1) is 0 Å². The molecular weight excluding hydrogens is 738 g/mol. The number of nitrogens with one attached hydrogen (secondary N) is 3. The van der Waals surface area contributed by atoms with Crippen LogP contribution in [0.5, 0.6) is 0 Å². The molecule has 0 bridgehead atoms. The number of fused-ring (bicyclic) bond motifs is 2. The van der Waals surface area contributed by atoms with Gasteiger partial charge in [-0.25, -0.2) is 19.9 Å². The van der Waals surface area contributed by atoms with Crippen LogP contribution in [0.3, 0.4) is 0 Å². The number of pyridine rings is 2. The Balaban J connectivity index is 1.00. The summed E-state index contributed by atoms with van der Waals surface area (Å²) in [6.45, 7) is 2.70. The summed E-state index contributed by atoms with van der Waals surface area (Å²) in [5.41, 5.74) is 0.209. The van der Waals surface area contributed by atoms with Crippen molar-refractivity contribution in [3.05, 3.63) is 70.5 Å². The van der Waals surface area contributed by atoms with Gasteiger partial charge in [0.05, 0.1) is 56.4 Å². The van der Waals surface area contributed by atoms with Crippen LogP contribution in [0.1, 0.15) is 31.0 Å². The lowest BCUT2D eigenvalue weighted by molar-refractivity contribution is -0.228. The van der Waals surface area contributed by atoms with Crippen LogP contribution in [0.25, 0.3) is 33.7 Å². The van der Waals surface area contributed by atoms with Crippen LogP contribution in [0, 0.1) is 6.92 Å². The van der Waals surface area contributed by atoms with E-state index in [0.29, 0.717) is 46.8 Å². The molecular formula is C35H34F6N10O4. The maximum atomic E-state index is 14.5. The number of nitrogens with zero attached hydrogens (tertiary/aromatic N) is 7. The molecule has 3 atom stereocenters. The van der Waals surface area contributed by atoms with Crippen LogP contribution in [-0.4, -0.2) is 98.3 Å². The highest BCUT2D eigenvalue weighted by molar-refractivity contribution is 6.01. The summed E-state index contributed by atoms with van der Waals surface area (Å²) in [5, 5.41) is 9.27. The fourth-order valence-corrected chi connectivity index (χ4v) is 7.03. The first kappa shape index (κ1) is 37.7. The van der Waals surface area contributed by atoms with Crippen LogP contribution < -0.4 is 20.7 Å². The van der Waals surface area contributed by atoms with E-state index in [1.165, 1.54) is 28.3 Å². The van der Waals surface area contributed by atoms with Crippen molar-refractivity contribution in [3.63, 3.8) is 0 Å². The molecule has 4 aromatic heterocycles. The lowest BCUT2D eigenvalue weighted by Crippen LogP contribution is -2.50. The van der Waals surface area contributed by atoms with E-state index in [9.17, 15) is 35.9 Å². The fraction of sp³-hybridized carbons (Fsp3) is 0.400. The molecule has 6 heterocycles. The van der Waals surface area contributed by atoms with Crippen molar-refractivity contribution in [2.45, 2.75) is 57.2 Å². The van der Waals surface area contributed by atoms with Crippen molar-refractivity contribution in [2.24, 2.45) is 0 Å². The van der Waals surface area contributed by atoms with Gasteiger partial charge in [0.15, 0.2) is 23.6 Å². The highest BCUT2D eigenvalue weighted by atomic mass is 19.4. The average Bonchev–Trinajstić information content (AvgIpc) is 3.81. The van der Waals surface area contributed by atoms with E-state index >= 15 is 0 Å². The molecule has 3 N–H and O–H groups in total. The lowest BCUT2D eigenvalue weighted by Gasteiger charge is -2.36. The number of carbonyl (C=O) groups is 1. The van der Waals surface area contributed by atoms with E-state index in [1.807, 2.05) is 0 Å². The number of aromatic nitrogens is 7. The molecule has 1 aromatic carbocycles. The van der Waals surface area contributed by atoms with Gasteiger partial charge in [0.1, 0.15) is 12.0 Å². The number of aryl methyl sites for hydroxylation is 1. The molecule has 290 valence electrons. The first-order chi connectivity index (χ1) is 26.2.